The van der Waals surface area contributed by atoms with Crippen molar-refractivity contribution in [1.29, 1.82) is 0 Å². The fourth-order valence-corrected chi connectivity index (χ4v) is 3.25. The lowest BCUT2D eigenvalue weighted by Gasteiger charge is -2.43. The van der Waals surface area contributed by atoms with Gasteiger partial charge < -0.3 is 20.8 Å². The van der Waals surface area contributed by atoms with Crippen molar-refractivity contribution in [2.75, 3.05) is 13.6 Å². The second-order valence-corrected chi connectivity index (χ2v) is 6.79. The zero-order valence-electron chi connectivity index (χ0n) is 14.6. The van der Waals surface area contributed by atoms with Crippen molar-refractivity contribution in [3.8, 4) is 0 Å². The third-order valence-electron chi connectivity index (χ3n) is 4.96. The predicted octanol–water partition coefficient (Wildman–Crippen LogP) is -1.70. The number of hydrogen-bond donors (Lipinski definition) is 4. The van der Waals surface area contributed by atoms with Gasteiger partial charge in [0.25, 0.3) is 5.56 Å². The third kappa shape index (κ3) is 4.17. The van der Waals surface area contributed by atoms with E-state index in [4.69, 9.17) is 5.73 Å². The summed E-state index contributed by atoms with van der Waals surface area (Å²) in [6.45, 7) is 1.69. The van der Waals surface area contributed by atoms with E-state index in [1.807, 2.05) is 0 Å². The van der Waals surface area contributed by atoms with E-state index in [9.17, 15) is 24.6 Å². The smallest absolute Gasteiger partial charge is 0.328 e. The molecule has 1 aromatic rings. The minimum Gasteiger partial charge on any atom is -0.390 e. The Morgan fingerprint density at radius 2 is 2.20 bits per heavy atom. The molecular formula is C16H26N4O5. The summed E-state index contributed by atoms with van der Waals surface area (Å²) in [5, 5.41) is 21.2. The normalized spacial score (nSPS) is 26.4. The van der Waals surface area contributed by atoms with Crippen molar-refractivity contribution >= 4 is 5.91 Å². The van der Waals surface area contributed by atoms with Gasteiger partial charge in [0.1, 0.15) is 5.60 Å². The van der Waals surface area contributed by atoms with Gasteiger partial charge in [-0.3, -0.25) is 19.1 Å². The Morgan fingerprint density at radius 1 is 1.52 bits per heavy atom. The predicted molar refractivity (Wildman–Crippen MR) is 91.1 cm³/mol. The van der Waals surface area contributed by atoms with Crippen molar-refractivity contribution in [2.45, 2.75) is 56.9 Å². The molecular weight excluding hydrogens is 328 g/mol. The van der Waals surface area contributed by atoms with Crippen LogP contribution in [0, 0.1) is 6.92 Å². The Bertz CT molecular complexity index is 743. The first-order chi connectivity index (χ1) is 11.7. The summed E-state index contributed by atoms with van der Waals surface area (Å²) in [7, 11) is 1.66. The first kappa shape index (κ1) is 19.4. The summed E-state index contributed by atoms with van der Waals surface area (Å²) in [4.78, 5) is 39.0. The zero-order chi connectivity index (χ0) is 18.8. The molecule has 9 heteroatoms. The number of aliphatic hydroxyl groups excluding tert-OH is 1. The SMILES string of the molecule is Cc1cn(C[C@]2(O)CC[C@H](N(C)C(=O)CCN)C[C@H]2O)c(=O)[nH]c1=O. The van der Waals surface area contributed by atoms with E-state index in [-0.39, 0.29) is 44.3 Å². The highest BCUT2D eigenvalue weighted by atomic mass is 16.3. The van der Waals surface area contributed by atoms with Gasteiger partial charge in [0.15, 0.2) is 0 Å². The van der Waals surface area contributed by atoms with Gasteiger partial charge in [-0.1, -0.05) is 0 Å². The Hall–Kier alpha value is -1.97. The Balaban J connectivity index is 2.12. The topological polar surface area (TPSA) is 142 Å². The van der Waals surface area contributed by atoms with Gasteiger partial charge in [-0.25, -0.2) is 4.79 Å². The number of amides is 1. The monoisotopic (exact) mass is 354 g/mol. The van der Waals surface area contributed by atoms with Crippen LogP contribution in [-0.4, -0.2) is 61.9 Å². The Morgan fingerprint density at radius 3 is 2.80 bits per heavy atom. The Labute approximate surface area is 145 Å². The molecule has 1 fully saturated rings. The molecule has 3 atom stereocenters. The van der Waals surface area contributed by atoms with Gasteiger partial charge in [-0.2, -0.15) is 0 Å². The van der Waals surface area contributed by atoms with Gasteiger partial charge in [-0.15, -0.1) is 0 Å². The average molecular weight is 354 g/mol. The lowest BCUT2D eigenvalue weighted by Crippen LogP contribution is -2.55. The van der Waals surface area contributed by atoms with E-state index < -0.39 is 23.0 Å². The molecule has 140 valence electrons. The molecule has 25 heavy (non-hydrogen) atoms. The molecule has 0 spiro atoms. The van der Waals surface area contributed by atoms with Crippen LogP contribution >= 0.6 is 0 Å². The van der Waals surface area contributed by atoms with E-state index in [1.54, 1.807) is 18.9 Å². The minimum atomic E-state index is -1.50. The molecule has 0 unspecified atom stereocenters. The van der Waals surface area contributed by atoms with Crippen LogP contribution in [0.15, 0.2) is 15.8 Å². The number of hydrogen-bond acceptors (Lipinski definition) is 6. The molecule has 0 aliphatic heterocycles. The van der Waals surface area contributed by atoms with Crippen molar-refractivity contribution < 1.29 is 15.0 Å². The summed E-state index contributed by atoms with van der Waals surface area (Å²) in [5.74, 6) is -0.0994. The van der Waals surface area contributed by atoms with Gasteiger partial charge in [0, 0.05) is 37.8 Å². The van der Waals surface area contributed by atoms with Gasteiger partial charge in [0.05, 0.1) is 12.6 Å². The van der Waals surface area contributed by atoms with Crippen LogP contribution in [0.1, 0.15) is 31.2 Å². The van der Waals surface area contributed by atoms with E-state index in [0.717, 1.165) is 0 Å². The third-order valence-corrected chi connectivity index (χ3v) is 4.96. The molecule has 0 bridgehead atoms. The first-order valence-corrected chi connectivity index (χ1v) is 8.34. The number of aryl methyl sites for hydroxylation is 1. The maximum absolute atomic E-state index is 11.9. The first-order valence-electron chi connectivity index (χ1n) is 8.34. The summed E-state index contributed by atoms with van der Waals surface area (Å²) >= 11 is 0. The second-order valence-electron chi connectivity index (χ2n) is 6.79. The number of carbonyl (C=O) groups excluding carboxylic acids is 1. The van der Waals surface area contributed by atoms with E-state index in [0.29, 0.717) is 12.0 Å². The number of rotatable bonds is 5. The van der Waals surface area contributed by atoms with Crippen LogP contribution in [0.3, 0.4) is 0 Å². The summed E-state index contributed by atoms with van der Waals surface area (Å²) in [5.41, 5.74) is 3.14. The molecule has 9 nitrogen and oxygen atoms in total. The number of aromatic nitrogens is 2. The maximum Gasteiger partial charge on any atom is 0.328 e. The Kier molecular flexibility index (Phi) is 5.81. The number of nitrogens with zero attached hydrogens (tertiary/aromatic N) is 2. The number of aliphatic hydroxyl groups is 2. The number of aromatic amines is 1. The number of carbonyl (C=O) groups is 1. The fraction of sp³-hybridized carbons (Fsp3) is 0.688. The molecule has 2 rings (SSSR count). The summed E-state index contributed by atoms with van der Waals surface area (Å²) < 4.78 is 1.20. The van der Waals surface area contributed by atoms with E-state index in [1.165, 1.54) is 10.8 Å². The van der Waals surface area contributed by atoms with Crippen molar-refractivity contribution in [3.05, 3.63) is 32.6 Å². The van der Waals surface area contributed by atoms with Gasteiger partial charge in [0.2, 0.25) is 5.91 Å². The average Bonchev–Trinajstić information content (AvgIpc) is 2.55. The summed E-state index contributed by atoms with van der Waals surface area (Å²) in [6, 6.07) is -0.191. The van der Waals surface area contributed by atoms with Gasteiger partial charge in [-0.05, 0) is 26.2 Å². The molecule has 0 saturated heterocycles. The fourth-order valence-electron chi connectivity index (χ4n) is 3.25. The lowest BCUT2D eigenvalue weighted by atomic mass is 9.79. The second kappa shape index (κ2) is 7.51. The highest BCUT2D eigenvalue weighted by Gasteiger charge is 2.43. The molecule has 1 aliphatic carbocycles. The van der Waals surface area contributed by atoms with Crippen LogP contribution in [0.4, 0.5) is 0 Å². The number of nitrogens with two attached hydrogens (primary N) is 1. The number of nitrogens with one attached hydrogen (secondary N) is 1. The van der Waals surface area contributed by atoms with Crippen LogP contribution < -0.4 is 17.0 Å². The molecule has 0 aromatic carbocycles. The van der Waals surface area contributed by atoms with Crippen LogP contribution in [0.2, 0.25) is 0 Å². The minimum absolute atomic E-state index is 0.0994. The summed E-state index contributed by atoms with van der Waals surface area (Å²) in [6.07, 6.45) is 1.44. The molecule has 5 N–H and O–H groups in total. The van der Waals surface area contributed by atoms with Crippen LogP contribution in [0.25, 0.3) is 0 Å². The van der Waals surface area contributed by atoms with E-state index >= 15 is 0 Å². The molecule has 1 aromatic heterocycles. The molecule has 1 heterocycles. The largest absolute Gasteiger partial charge is 0.390 e. The number of H-pyrrole nitrogens is 1. The molecule has 1 aliphatic rings. The standard InChI is InChI=1S/C16H26N4O5/c1-10-8-20(15(24)18-14(10)23)9-16(25)5-3-11(7-12(16)21)19(2)13(22)4-6-17/h8,11-12,21,25H,3-7,9,17H2,1-2H3,(H,18,23,24)/t11-,12+,16+/m0/s1. The highest BCUT2D eigenvalue weighted by molar-refractivity contribution is 5.76. The van der Waals surface area contributed by atoms with Crippen molar-refractivity contribution in [2.24, 2.45) is 5.73 Å². The quantitative estimate of drug-likeness (QED) is 0.496. The lowest BCUT2D eigenvalue weighted by molar-refractivity contribution is -0.143. The zero-order valence-corrected chi connectivity index (χ0v) is 14.6. The van der Waals surface area contributed by atoms with Crippen molar-refractivity contribution in [1.82, 2.24) is 14.5 Å². The van der Waals surface area contributed by atoms with Crippen LogP contribution in [-0.2, 0) is 11.3 Å². The van der Waals surface area contributed by atoms with Crippen molar-refractivity contribution in [3.63, 3.8) is 0 Å². The molecule has 0 radical (unpaired) electrons. The van der Waals surface area contributed by atoms with E-state index in [2.05, 4.69) is 4.98 Å². The molecule has 1 amide bonds. The maximum atomic E-state index is 11.9. The van der Waals surface area contributed by atoms with Crippen LogP contribution in [0.5, 0.6) is 0 Å². The highest BCUT2D eigenvalue weighted by Crippen LogP contribution is 2.32. The molecule has 1 saturated carbocycles. The van der Waals surface area contributed by atoms with Gasteiger partial charge >= 0.3 is 5.69 Å².